The summed E-state index contributed by atoms with van der Waals surface area (Å²) in [7, 11) is 0. The number of benzene rings is 1. The topological polar surface area (TPSA) is 78.4 Å². The third-order valence-corrected chi connectivity index (χ3v) is 4.35. The van der Waals surface area contributed by atoms with Crippen LogP contribution < -0.4 is 10.6 Å². The van der Waals surface area contributed by atoms with E-state index in [-0.39, 0.29) is 11.3 Å². The monoisotopic (exact) mass is 416 g/mol. The van der Waals surface area contributed by atoms with Gasteiger partial charge in [0.25, 0.3) is 0 Å². The minimum absolute atomic E-state index is 0.0732. The van der Waals surface area contributed by atoms with E-state index in [0.29, 0.717) is 6.54 Å². The van der Waals surface area contributed by atoms with Gasteiger partial charge in [-0.15, -0.1) is 11.3 Å². The van der Waals surface area contributed by atoms with E-state index in [9.17, 15) is 9.59 Å². The number of carbonyl (C=O) groups is 2. The van der Waals surface area contributed by atoms with E-state index in [1.54, 1.807) is 23.5 Å². The molecule has 5 nitrogen and oxygen atoms in total. The Morgan fingerprint density at radius 2 is 2.05 bits per heavy atom. The highest BCUT2D eigenvalue weighted by Crippen LogP contribution is 2.19. The summed E-state index contributed by atoms with van der Waals surface area (Å²) in [4.78, 5) is 25.2. The predicted octanol–water partition coefficient (Wildman–Crippen LogP) is 3.68. The maximum Gasteiger partial charge on any atom is 0.337 e. The number of amides is 2. The minimum atomic E-state index is -1.07. The van der Waals surface area contributed by atoms with Crippen LogP contribution in [0.3, 0.4) is 0 Å². The lowest BCUT2D eigenvalue weighted by atomic mass is 10.2. The molecule has 1 heterocycles. The van der Waals surface area contributed by atoms with Crippen LogP contribution in [0.15, 0.2) is 30.3 Å². The second-order valence-electron chi connectivity index (χ2n) is 4.32. The van der Waals surface area contributed by atoms with Crippen LogP contribution in [0.4, 0.5) is 10.5 Å². The van der Waals surface area contributed by atoms with E-state index in [4.69, 9.17) is 5.11 Å². The molecule has 21 heavy (non-hydrogen) atoms. The van der Waals surface area contributed by atoms with Gasteiger partial charge in [-0.1, -0.05) is 0 Å². The molecule has 0 bridgehead atoms. The predicted molar refractivity (Wildman–Crippen MR) is 91.0 cm³/mol. The van der Waals surface area contributed by atoms with Crippen molar-refractivity contribution in [2.45, 2.75) is 13.5 Å². The van der Waals surface area contributed by atoms with Crippen LogP contribution in [0.5, 0.6) is 0 Å². The molecule has 110 valence electrons. The minimum Gasteiger partial charge on any atom is -0.478 e. The third kappa shape index (κ3) is 4.43. The van der Waals surface area contributed by atoms with Gasteiger partial charge in [-0.2, -0.15) is 0 Å². The molecular weight excluding hydrogens is 403 g/mol. The Balaban J connectivity index is 2.01. The molecule has 0 radical (unpaired) electrons. The Kier molecular flexibility index (Phi) is 5.18. The zero-order valence-corrected chi connectivity index (χ0v) is 14.1. The fraction of sp³-hybridized carbons (Fsp3) is 0.143. The summed E-state index contributed by atoms with van der Waals surface area (Å²) >= 11 is 3.63. The smallest absolute Gasteiger partial charge is 0.337 e. The van der Waals surface area contributed by atoms with E-state index >= 15 is 0 Å². The van der Waals surface area contributed by atoms with Crippen LogP contribution in [0.2, 0.25) is 0 Å². The molecule has 0 atom stereocenters. The van der Waals surface area contributed by atoms with Crippen molar-refractivity contribution in [1.29, 1.82) is 0 Å². The van der Waals surface area contributed by atoms with Gasteiger partial charge in [-0.05, 0) is 59.8 Å². The van der Waals surface area contributed by atoms with Crippen LogP contribution >= 0.6 is 33.9 Å². The van der Waals surface area contributed by atoms with Crippen LogP contribution in [0.1, 0.15) is 20.1 Å². The molecule has 7 heteroatoms. The van der Waals surface area contributed by atoms with E-state index in [1.807, 2.05) is 41.6 Å². The number of thiophene rings is 1. The number of hydrogen-bond acceptors (Lipinski definition) is 3. The number of carbonyl (C=O) groups excluding carboxylic acids is 1. The molecule has 3 N–H and O–H groups in total. The van der Waals surface area contributed by atoms with Gasteiger partial charge in [0.15, 0.2) is 0 Å². The van der Waals surface area contributed by atoms with Gasteiger partial charge in [0, 0.05) is 13.3 Å². The van der Waals surface area contributed by atoms with E-state index in [2.05, 4.69) is 10.6 Å². The van der Waals surface area contributed by atoms with Crippen molar-refractivity contribution in [2.75, 3.05) is 5.32 Å². The van der Waals surface area contributed by atoms with Gasteiger partial charge in [0.2, 0.25) is 0 Å². The first kappa shape index (κ1) is 15.8. The molecule has 0 spiro atoms. The van der Waals surface area contributed by atoms with Gasteiger partial charge >= 0.3 is 12.0 Å². The standard InChI is InChI=1S/C14H13IN2O3S/c1-8-2-4-10(21-8)7-16-14(20)17-12-5-3-9(15)6-11(12)13(18)19/h2-6H,7H2,1H3,(H,18,19)(H2,16,17,20). The molecule has 0 saturated carbocycles. The molecule has 0 aliphatic heterocycles. The van der Waals surface area contributed by atoms with Crippen LogP contribution in [-0.2, 0) is 6.54 Å². The first-order valence-corrected chi connectivity index (χ1v) is 7.98. The van der Waals surface area contributed by atoms with Gasteiger partial charge in [-0.3, -0.25) is 0 Å². The lowest BCUT2D eigenvalue weighted by molar-refractivity contribution is 0.0698. The average Bonchev–Trinajstić information content (AvgIpc) is 2.84. The highest BCUT2D eigenvalue weighted by atomic mass is 127. The molecule has 0 aliphatic rings. The Labute approximate surface area is 139 Å². The zero-order valence-electron chi connectivity index (χ0n) is 11.1. The molecule has 0 aliphatic carbocycles. The highest BCUT2D eigenvalue weighted by molar-refractivity contribution is 14.1. The van der Waals surface area contributed by atoms with Crippen LogP contribution in [0, 0.1) is 10.5 Å². The summed E-state index contributed by atoms with van der Waals surface area (Å²) < 4.78 is 0.796. The van der Waals surface area contributed by atoms with Crippen molar-refractivity contribution in [2.24, 2.45) is 0 Å². The first-order chi connectivity index (χ1) is 9.95. The molecular formula is C14H13IN2O3S. The molecule has 2 amide bonds. The Morgan fingerprint density at radius 3 is 2.67 bits per heavy atom. The van der Waals surface area contributed by atoms with Crippen molar-refractivity contribution in [3.63, 3.8) is 0 Å². The number of carboxylic acid groups (broad SMARTS) is 1. The quantitative estimate of drug-likeness (QED) is 0.666. The maximum absolute atomic E-state index is 11.8. The number of carboxylic acids is 1. The average molecular weight is 416 g/mol. The zero-order chi connectivity index (χ0) is 15.4. The molecule has 2 aromatic rings. The lowest BCUT2D eigenvalue weighted by Crippen LogP contribution is -2.28. The summed E-state index contributed by atoms with van der Waals surface area (Å²) in [5, 5.41) is 14.4. The van der Waals surface area contributed by atoms with Gasteiger partial charge < -0.3 is 15.7 Å². The Bertz CT molecular complexity index is 685. The van der Waals surface area contributed by atoms with Gasteiger partial charge in [-0.25, -0.2) is 9.59 Å². The fourth-order valence-corrected chi connectivity index (χ4v) is 3.04. The van der Waals surface area contributed by atoms with Crippen molar-refractivity contribution in [1.82, 2.24) is 5.32 Å². The van der Waals surface area contributed by atoms with Crippen molar-refractivity contribution in [3.05, 3.63) is 49.2 Å². The summed E-state index contributed by atoms with van der Waals surface area (Å²) in [5.74, 6) is -1.07. The second kappa shape index (κ2) is 6.90. The summed E-state index contributed by atoms with van der Waals surface area (Å²) in [6.07, 6.45) is 0. The Morgan fingerprint density at radius 1 is 1.29 bits per heavy atom. The van der Waals surface area contributed by atoms with Crippen molar-refractivity contribution < 1.29 is 14.7 Å². The SMILES string of the molecule is Cc1ccc(CNC(=O)Nc2ccc(I)cc2C(=O)O)s1. The summed E-state index contributed by atoms with van der Waals surface area (Å²) in [6, 6.07) is 8.35. The normalized spacial score (nSPS) is 10.2. The maximum atomic E-state index is 11.8. The van der Waals surface area contributed by atoms with Crippen LogP contribution in [-0.4, -0.2) is 17.1 Å². The van der Waals surface area contributed by atoms with Gasteiger partial charge in [0.1, 0.15) is 0 Å². The number of urea groups is 1. The molecule has 1 aromatic carbocycles. The molecule has 2 rings (SSSR count). The largest absolute Gasteiger partial charge is 0.478 e. The molecule has 0 unspecified atom stereocenters. The number of aryl methyl sites for hydroxylation is 1. The molecule has 1 aromatic heterocycles. The second-order valence-corrected chi connectivity index (χ2v) is 6.93. The molecule has 0 fully saturated rings. The van der Waals surface area contributed by atoms with Crippen molar-refractivity contribution in [3.8, 4) is 0 Å². The summed E-state index contributed by atoms with van der Waals surface area (Å²) in [5.41, 5.74) is 0.354. The fourth-order valence-electron chi connectivity index (χ4n) is 1.72. The van der Waals surface area contributed by atoms with Gasteiger partial charge in [0.05, 0.1) is 17.8 Å². The van der Waals surface area contributed by atoms with Crippen molar-refractivity contribution >= 4 is 51.6 Å². The number of anilines is 1. The van der Waals surface area contributed by atoms with E-state index in [1.165, 1.54) is 10.9 Å². The number of hydrogen-bond donors (Lipinski definition) is 3. The number of aromatic carboxylic acids is 1. The number of rotatable bonds is 4. The number of nitrogens with one attached hydrogen (secondary N) is 2. The Hall–Kier alpha value is -1.61. The van der Waals surface area contributed by atoms with E-state index in [0.717, 1.165) is 8.45 Å². The van der Waals surface area contributed by atoms with E-state index < -0.39 is 12.0 Å². The molecule has 0 saturated heterocycles. The van der Waals surface area contributed by atoms with Crippen LogP contribution in [0.25, 0.3) is 0 Å². The third-order valence-electron chi connectivity index (χ3n) is 2.68. The number of halogens is 1. The summed E-state index contributed by atoms with van der Waals surface area (Å²) in [6.45, 7) is 2.41. The lowest BCUT2D eigenvalue weighted by Gasteiger charge is -2.09. The highest BCUT2D eigenvalue weighted by Gasteiger charge is 2.13. The first-order valence-electron chi connectivity index (χ1n) is 6.08.